The highest BCUT2D eigenvalue weighted by molar-refractivity contribution is 7.80. The molecule has 0 aliphatic carbocycles. The Labute approximate surface area is 157 Å². The molecule has 0 heterocycles. The van der Waals surface area contributed by atoms with Crippen molar-refractivity contribution < 1.29 is 9.47 Å². The largest absolute Gasteiger partial charge is 0.495 e. The summed E-state index contributed by atoms with van der Waals surface area (Å²) in [5, 5.41) is 7.95. The summed E-state index contributed by atoms with van der Waals surface area (Å²) in [5.74, 6) is 1.13. The Hall–Kier alpha value is -1.69. The van der Waals surface area contributed by atoms with Crippen molar-refractivity contribution in [2.24, 2.45) is 0 Å². The van der Waals surface area contributed by atoms with Gasteiger partial charge in [0.05, 0.1) is 24.9 Å². The number of rotatable bonds is 6. The van der Waals surface area contributed by atoms with Crippen LogP contribution < -0.4 is 20.1 Å². The molecular formula is C17H18Cl2N2O2S. The van der Waals surface area contributed by atoms with Gasteiger partial charge in [-0.15, -0.1) is 0 Å². The van der Waals surface area contributed by atoms with E-state index >= 15 is 0 Å². The third-order valence-electron chi connectivity index (χ3n) is 3.33. The number of halogens is 2. The number of ether oxygens (including phenoxy) is 2. The maximum Gasteiger partial charge on any atom is 0.170 e. The zero-order valence-electron chi connectivity index (χ0n) is 13.4. The van der Waals surface area contributed by atoms with Gasteiger partial charge in [0.25, 0.3) is 0 Å². The second-order valence-electron chi connectivity index (χ2n) is 4.94. The van der Waals surface area contributed by atoms with Crippen LogP contribution in [0.1, 0.15) is 5.56 Å². The van der Waals surface area contributed by atoms with Crippen LogP contribution in [-0.2, 0) is 6.42 Å². The molecule has 0 saturated carbocycles. The number of nitrogens with one attached hydrogen (secondary N) is 2. The van der Waals surface area contributed by atoms with E-state index in [0.29, 0.717) is 33.9 Å². The lowest BCUT2D eigenvalue weighted by Gasteiger charge is -2.15. The number of methoxy groups -OCH3 is 2. The van der Waals surface area contributed by atoms with E-state index in [9.17, 15) is 0 Å². The zero-order valence-corrected chi connectivity index (χ0v) is 15.7. The molecule has 2 N–H and O–H groups in total. The third-order valence-corrected chi connectivity index (χ3v) is 4.13. The molecular weight excluding hydrogens is 367 g/mol. The van der Waals surface area contributed by atoms with Gasteiger partial charge in [-0.05, 0) is 36.3 Å². The van der Waals surface area contributed by atoms with Crippen LogP contribution in [0.2, 0.25) is 10.0 Å². The number of benzene rings is 2. The topological polar surface area (TPSA) is 42.5 Å². The molecule has 0 bridgehead atoms. The lowest BCUT2D eigenvalue weighted by Crippen LogP contribution is -2.30. The molecule has 0 atom stereocenters. The molecule has 0 aliphatic rings. The monoisotopic (exact) mass is 384 g/mol. The molecule has 0 radical (unpaired) electrons. The predicted octanol–water partition coefficient (Wildman–Crippen LogP) is 4.54. The van der Waals surface area contributed by atoms with Crippen molar-refractivity contribution in [3.63, 3.8) is 0 Å². The summed E-state index contributed by atoms with van der Waals surface area (Å²) in [4.78, 5) is 0. The first kappa shape index (κ1) is 18.6. The molecule has 0 fully saturated rings. The minimum absolute atomic E-state index is 0.474. The molecule has 4 nitrogen and oxygen atoms in total. The fraction of sp³-hybridized carbons (Fsp3) is 0.235. The van der Waals surface area contributed by atoms with Crippen LogP contribution in [0, 0.1) is 0 Å². The molecule has 0 aromatic heterocycles. The molecule has 2 aromatic rings. The average Bonchev–Trinajstić information content (AvgIpc) is 2.57. The summed E-state index contributed by atoms with van der Waals surface area (Å²) >= 11 is 17.3. The molecule has 2 aromatic carbocycles. The Morgan fingerprint density at radius 2 is 1.71 bits per heavy atom. The SMILES string of the molecule is COc1cc(NC(=S)NCCc2ccc(Cl)cc2)c(OC)cc1Cl. The van der Waals surface area contributed by atoms with Crippen molar-refractivity contribution in [2.45, 2.75) is 6.42 Å². The Morgan fingerprint density at radius 1 is 1.04 bits per heavy atom. The Balaban J connectivity index is 1.93. The van der Waals surface area contributed by atoms with Gasteiger partial charge in [-0.1, -0.05) is 35.3 Å². The summed E-state index contributed by atoms with van der Waals surface area (Å²) in [6.07, 6.45) is 0.833. The zero-order chi connectivity index (χ0) is 17.5. The highest BCUT2D eigenvalue weighted by Gasteiger charge is 2.11. The fourth-order valence-corrected chi connectivity index (χ4v) is 2.66. The van der Waals surface area contributed by atoms with Crippen molar-refractivity contribution in [3.05, 3.63) is 52.0 Å². The van der Waals surface area contributed by atoms with Crippen molar-refractivity contribution in [1.29, 1.82) is 0 Å². The van der Waals surface area contributed by atoms with Gasteiger partial charge in [-0.25, -0.2) is 0 Å². The highest BCUT2D eigenvalue weighted by atomic mass is 35.5. The lowest BCUT2D eigenvalue weighted by molar-refractivity contribution is 0.405. The molecule has 0 aliphatic heterocycles. The summed E-state index contributed by atoms with van der Waals surface area (Å²) in [5.41, 5.74) is 1.86. The van der Waals surface area contributed by atoms with Gasteiger partial charge in [0, 0.05) is 23.7 Å². The fourth-order valence-electron chi connectivity index (χ4n) is 2.10. The molecule has 0 spiro atoms. The van der Waals surface area contributed by atoms with Crippen LogP contribution >= 0.6 is 35.4 Å². The molecule has 2 rings (SSSR count). The minimum atomic E-state index is 0.474. The maximum absolute atomic E-state index is 6.09. The summed E-state index contributed by atoms with van der Waals surface area (Å²) < 4.78 is 10.5. The van der Waals surface area contributed by atoms with Crippen LogP contribution in [-0.4, -0.2) is 25.9 Å². The summed E-state index contributed by atoms with van der Waals surface area (Å²) in [7, 11) is 3.13. The minimum Gasteiger partial charge on any atom is -0.495 e. The average molecular weight is 385 g/mol. The van der Waals surface area contributed by atoms with Crippen molar-refractivity contribution >= 4 is 46.2 Å². The number of thiocarbonyl (C=S) groups is 1. The van der Waals surface area contributed by atoms with Gasteiger partial charge in [-0.2, -0.15) is 0 Å². The molecule has 7 heteroatoms. The highest BCUT2D eigenvalue weighted by Crippen LogP contribution is 2.35. The Kier molecular flexibility index (Phi) is 6.97. The molecule has 0 unspecified atom stereocenters. The van der Waals surface area contributed by atoms with Crippen molar-refractivity contribution in [2.75, 3.05) is 26.1 Å². The van der Waals surface area contributed by atoms with E-state index in [2.05, 4.69) is 10.6 Å². The molecule has 0 amide bonds. The predicted molar refractivity (Wildman–Crippen MR) is 104 cm³/mol. The maximum atomic E-state index is 6.09. The van der Waals surface area contributed by atoms with Gasteiger partial charge in [-0.3, -0.25) is 0 Å². The van der Waals surface area contributed by atoms with E-state index in [1.54, 1.807) is 26.4 Å². The van der Waals surface area contributed by atoms with E-state index in [-0.39, 0.29) is 0 Å². The van der Waals surface area contributed by atoms with E-state index < -0.39 is 0 Å². The van der Waals surface area contributed by atoms with Gasteiger partial charge >= 0.3 is 0 Å². The Morgan fingerprint density at radius 3 is 2.33 bits per heavy atom. The lowest BCUT2D eigenvalue weighted by atomic mass is 10.1. The van der Waals surface area contributed by atoms with E-state index in [4.69, 9.17) is 44.9 Å². The van der Waals surface area contributed by atoms with Gasteiger partial charge in [0.15, 0.2) is 5.11 Å². The van der Waals surface area contributed by atoms with Crippen molar-refractivity contribution in [3.8, 4) is 11.5 Å². The van der Waals surface area contributed by atoms with Gasteiger partial charge < -0.3 is 20.1 Å². The van der Waals surface area contributed by atoms with Gasteiger partial charge in [0.2, 0.25) is 0 Å². The molecule has 24 heavy (non-hydrogen) atoms. The number of anilines is 1. The van der Waals surface area contributed by atoms with E-state index in [1.165, 1.54) is 5.56 Å². The second kappa shape index (κ2) is 8.97. The number of hydrogen-bond donors (Lipinski definition) is 2. The van der Waals surface area contributed by atoms with Crippen LogP contribution in [0.5, 0.6) is 11.5 Å². The van der Waals surface area contributed by atoms with Crippen LogP contribution in [0.15, 0.2) is 36.4 Å². The first-order valence-electron chi connectivity index (χ1n) is 7.24. The Bertz CT molecular complexity index is 708. The molecule has 0 saturated heterocycles. The first-order chi connectivity index (χ1) is 11.5. The normalized spacial score (nSPS) is 10.2. The number of hydrogen-bond acceptors (Lipinski definition) is 3. The van der Waals surface area contributed by atoms with E-state index in [0.717, 1.165) is 11.4 Å². The standard InChI is InChI=1S/C17H18Cl2N2O2S/c1-22-15-10-14(16(23-2)9-13(15)19)21-17(24)20-8-7-11-3-5-12(18)6-4-11/h3-6,9-10H,7-8H2,1-2H3,(H2,20,21,24). The summed E-state index contributed by atoms with van der Waals surface area (Å²) in [6.45, 7) is 0.695. The van der Waals surface area contributed by atoms with Gasteiger partial charge in [0.1, 0.15) is 11.5 Å². The smallest absolute Gasteiger partial charge is 0.170 e. The first-order valence-corrected chi connectivity index (χ1v) is 8.40. The summed E-state index contributed by atoms with van der Waals surface area (Å²) in [6, 6.07) is 11.2. The quantitative estimate of drug-likeness (QED) is 0.715. The third kappa shape index (κ3) is 5.16. The van der Waals surface area contributed by atoms with Crippen LogP contribution in [0.4, 0.5) is 5.69 Å². The van der Waals surface area contributed by atoms with Crippen molar-refractivity contribution in [1.82, 2.24) is 5.32 Å². The second-order valence-corrected chi connectivity index (χ2v) is 6.20. The molecule has 128 valence electrons. The van der Waals surface area contributed by atoms with Crippen LogP contribution in [0.25, 0.3) is 0 Å². The van der Waals surface area contributed by atoms with E-state index in [1.807, 2.05) is 24.3 Å². The van der Waals surface area contributed by atoms with Crippen LogP contribution in [0.3, 0.4) is 0 Å².